The highest BCUT2D eigenvalue weighted by molar-refractivity contribution is 4.82. The van der Waals surface area contributed by atoms with Crippen molar-refractivity contribution in [1.82, 2.24) is 0 Å². The molecule has 1 aliphatic heterocycles. The van der Waals surface area contributed by atoms with E-state index in [-0.39, 0.29) is 6.42 Å². The smallest absolute Gasteiger partial charge is 0.157 e. The van der Waals surface area contributed by atoms with E-state index in [9.17, 15) is 0 Å². The molecule has 0 aromatic heterocycles. The third-order valence-corrected chi connectivity index (χ3v) is 1.70. The van der Waals surface area contributed by atoms with Crippen LogP contribution in [0.2, 0.25) is 0 Å². The first-order valence-electron chi connectivity index (χ1n) is 3.45. The number of hydrogen-bond donors (Lipinski definition) is 4. The normalized spacial score (nSPS) is 40.9. The molecule has 1 fully saturated rings. The van der Waals surface area contributed by atoms with Crippen LogP contribution in [0.4, 0.5) is 0 Å². The molecule has 0 spiro atoms. The van der Waals surface area contributed by atoms with Gasteiger partial charge in [0.1, 0.15) is 12.2 Å². The van der Waals surface area contributed by atoms with Gasteiger partial charge in [-0.1, -0.05) is 0 Å². The fourth-order valence-corrected chi connectivity index (χ4v) is 1.12. The van der Waals surface area contributed by atoms with Gasteiger partial charge in [-0.25, -0.2) is 0 Å². The lowest BCUT2D eigenvalue weighted by atomic mass is 10.1. The molecule has 0 aromatic rings. The van der Waals surface area contributed by atoms with E-state index in [0.29, 0.717) is 0 Å². The highest BCUT2D eigenvalue weighted by Crippen LogP contribution is 2.20. The standard InChI is InChI=1S/C6H12O5/c7-2-4(9)6-3(8)1-5(10)11-6/h3-10H,1-2H2/t3-,4?,5+,6+/m1/s1. The van der Waals surface area contributed by atoms with Gasteiger partial charge in [-0.15, -0.1) is 0 Å². The molecule has 0 amide bonds. The van der Waals surface area contributed by atoms with E-state index in [1.807, 2.05) is 0 Å². The van der Waals surface area contributed by atoms with Crippen molar-refractivity contribution in [2.45, 2.75) is 31.0 Å². The van der Waals surface area contributed by atoms with Crippen LogP contribution in [-0.4, -0.2) is 51.6 Å². The third kappa shape index (κ3) is 1.88. The van der Waals surface area contributed by atoms with Gasteiger partial charge in [-0.3, -0.25) is 0 Å². The molecule has 0 radical (unpaired) electrons. The minimum atomic E-state index is -1.12. The Balaban J connectivity index is 2.45. The Hall–Kier alpha value is -0.200. The second kappa shape index (κ2) is 3.46. The van der Waals surface area contributed by atoms with Crippen LogP contribution in [0.5, 0.6) is 0 Å². The number of aliphatic hydroxyl groups excluding tert-OH is 4. The zero-order valence-electron chi connectivity index (χ0n) is 5.92. The summed E-state index contributed by atoms with van der Waals surface area (Å²) in [6, 6.07) is 0. The van der Waals surface area contributed by atoms with Gasteiger partial charge in [-0.05, 0) is 0 Å². The zero-order chi connectivity index (χ0) is 8.43. The van der Waals surface area contributed by atoms with Crippen molar-refractivity contribution in [1.29, 1.82) is 0 Å². The van der Waals surface area contributed by atoms with Crippen molar-refractivity contribution in [3.05, 3.63) is 0 Å². The summed E-state index contributed by atoms with van der Waals surface area (Å²) >= 11 is 0. The Bertz CT molecular complexity index is 124. The molecule has 1 saturated heterocycles. The van der Waals surface area contributed by atoms with E-state index in [4.69, 9.17) is 25.2 Å². The summed E-state index contributed by atoms with van der Waals surface area (Å²) in [6.07, 6.45) is -3.83. The van der Waals surface area contributed by atoms with Gasteiger partial charge in [0.2, 0.25) is 0 Å². The SMILES string of the molecule is OCC(O)[C@H]1O[C@H](O)C[C@H]1O. The minimum absolute atomic E-state index is 0.0850. The summed E-state index contributed by atoms with van der Waals surface area (Å²) in [7, 11) is 0. The maximum absolute atomic E-state index is 9.10. The van der Waals surface area contributed by atoms with Crippen molar-refractivity contribution in [3.63, 3.8) is 0 Å². The van der Waals surface area contributed by atoms with Crippen LogP contribution in [0.3, 0.4) is 0 Å². The molecule has 1 heterocycles. The molecule has 0 aromatic carbocycles. The van der Waals surface area contributed by atoms with E-state index >= 15 is 0 Å². The van der Waals surface area contributed by atoms with Gasteiger partial charge in [0, 0.05) is 6.42 Å². The molecule has 0 bridgehead atoms. The van der Waals surface area contributed by atoms with Crippen LogP contribution in [0.25, 0.3) is 0 Å². The van der Waals surface area contributed by atoms with E-state index in [0.717, 1.165) is 0 Å². The Morgan fingerprint density at radius 3 is 2.45 bits per heavy atom. The Morgan fingerprint density at radius 1 is 1.45 bits per heavy atom. The second-order valence-electron chi connectivity index (χ2n) is 2.61. The van der Waals surface area contributed by atoms with Gasteiger partial charge >= 0.3 is 0 Å². The summed E-state index contributed by atoms with van der Waals surface area (Å²) in [6.45, 7) is -0.478. The van der Waals surface area contributed by atoms with E-state index in [1.165, 1.54) is 0 Å². The van der Waals surface area contributed by atoms with E-state index in [1.54, 1.807) is 0 Å². The fraction of sp³-hybridized carbons (Fsp3) is 1.00. The van der Waals surface area contributed by atoms with Crippen LogP contribution < -0.4 is 0 Å². The zero-order valence-corrected chi connectivity index (χ0v) is 5.92. The summed E-state index contributed by atoms with van der Waals surface area (Å²) in [5.41, 5.74) is 0. The van der Waals surface area contributed by atoms with E-state index in [2.05, 4.69) is 0 Å². The van der Waals surface area contributed by atoms with Gasteiger partial charge in [0.25, 0.3) is 0 Å². The number of hydrogen-bond acceptors (Lipinski definition) is 5. The molecule has 66 valence electrons. The fourth-order valence-electron chi connectivity index (χ4n) is 1.12. The van der Waals surface area contributed by atoms with Crippen LogP contribution in [-0.2, 0) is 4.74 Å². The van der Waals surface area contributed by atoms with Gasteiger partial charge in [0.15, 0.2) is 6.29 Å². The van der Waals surface area contributed by atoms with Gasteiger partial charge < -0.3 is 25.2 Å². The maximum atomic E-state index is 9.10. The summed E-state index contributed by atoms with van der Waals surface area (Å²) in [5, 5.41) is 35.4. The van der Waals surface area contributed by atoms with Crippen molar-refractivity contribution in [2.75, 3.05) is 6.61 Å². The van der Waals surface area contributed by atoms with Crippen molar-refractivity contribution >= 4 is 0 Å². The molecule has 1 unspecified atom stereocenters. The quantitative estimate of drug-likeness (QED) is 0.372. The monoisotopic (exact) mass is 164 g/mol. The topological polar surface area (TPSA) is 90.2 Å². The minimum Gasteiger partial charge on any atom is -0.394 e. The Morgan fingerprint density at radius 2 is 2.09 bits per heavy atom. The number of ether oxygens (including phenoxy) is 1. The second-order valence-corrected chi connectivity index (χ2v) is 2.61. The van der Waals surface area contributed by atoms with Crippen LogP contribution >= 0.6 is 0 Å². The molecular formula is C6H12O5. The average molecular weight is 164 g/mol. The Kier molecular flexibility index (Phi) is 2.80. The lowest BCUT2D eigenvalue weighted by molar-refractivity contribution is -0.136. The van der Waals surface area contributed by atoms with E-state index < -0.39 is 31.2 Å². The van der Waals surface area contributed by atoms with Crippen molar-refractivity contribution < 1.29 is 25.2 Å². The first kappa shape index (κ1) is 8.89. The molecule has 5 nitrogen and oxygen atoms in total. The molecule has 4 N–H and O–H groups in total. The largest absolute Gasteiger partial charge is 0.394 e. The lowest BCUT2D eigenvalue weighted by Gasteiger charge is -2.17. The molecule has 1 aliphatic rings. The molecular weight excluding hydrogens is 152 g/mol. The molecule has 0 saturated carbocycles. The highest BCUT2D eigenvalue weighted by atomic mass is 16.6. The molecule has 5 heteroatoms. The molecule has 11 heavy (non-hydrogen) atoms. The predicted molar refractivity (Wildman–Crippen MR) is 34.6 cm³/mol. The van der Waals surface area contributed by atoms with Crippen molar-refractivity contribution in [3.8, 4) is 0 Å². The van der Waals surface area contributed by atoms with Crippen molar-refractivity contribution in [2.24, 2.45) is 0 Å². The summed E-state index contributed by atoms with van der Waals surface area (Å²) in [5.74, 6) is 0. The van der Waals surface area contributed by atoms with Gasteiger partial charge in [0.05, 0.1) is 12.7 Å². The Labute approximate surface area is 63.8 Å². The predicted octanol–water partition coefficient (Wildman–Crippen LogP) is -2.19. The first-order valence-corrected chi connectivity index (χ1v) is 3.45. The summed E-state index contributed by atoms with van der Waals surface area (Å²) in [4.78, 5) is 0. The molecule has 4 atom stereocenters. The maximum Gasteiger partial charge on any atom is 0.157 e. The number of rotatable bonds is 2. The number of aliphatic hydroxyl groups is 4. The molecule has 0 aliphatic carbocycles. The third-order valence-electron chi connectivity index (χ3n) is 1.70. The molecule has 1 rings (SSSR count). The first-order chi connectivity index (χ1) is 5.15. The summed E-state index contributed by atoms with van der Waals surface area (Å²) < 4.78 is 4.72. The van der Waals surface area contributed by atoms with Gasteiger partial charge in [-0.2, -0.15) is 0 Å². The lowest BCUT2D eigenvalue weighted by Crippen LogP contribution is -2.36. The average Bonchev–Trinajstić information content (AvgIpc) is 2.28. The highest BCUT2D eigenvalue weighted by Gasteiger charge is 2.37. The van der Waals surface area contributed by atoms with Crippen LogP contribution in [0, 0.1) is 0 Å². The van der Waals surface area contributed by atoms with Crippen LogP contribution in [0.15, 0.2) is 0 Å². The van der Waals surface area contributed by atoms with Crippen LogP contribution in [0.1, 0.15) is 6.42 Å².